The van der Waals surface area contributed by atoms with E-state index < -0.39 is 20.8 Å². The third kappa shape index (κ3) is 3.31. The second-order valence-electron chi connectivity index (χ2n) is 4.20. The molecule has 0 aliphatic carbocycles. The molecule has 0 aliphatic heterocycles. The van der Waals surface area contributed by atoms with Crippen LogP contribution in [0.2, 0.25) is 0 Å². The number of pyridine rings is 1. The molecule has 1 aromatic heterocycles. The van der Waals surface area contributed by atoms with Gasteiger partial charge in [0.1, 0.15) is 10.7 Å². The van der Waals surface area contributed by atoms with Crippen LogP contribution in [-0.2, 0) is 10.0 Å². The van der Waals surface area contributed by atoms with Crippen LogP contribution in [0, 0.1) is 22.9 Å². The van der Waals surface area contributed by atoms with Crippen molar-refractivity contribution in [2.45, 2.75) is 11.8 Å². The second-order valence-corrected chi connectivity index (χ2v) is 5.89. The molecule has 7 nitrogen and oxygen atoms in total. The molecule has 0 saturated heterocycles. The van der Waals surface area contributed by atoms with Gasteiger partial charge in [-0.25, -0.2) is 12.8 Å². The molecule has 1 N–H and O–H groups in total. The smallest absolute Gasteiger partial charge is 0.274 e. The highest BCUT2D eigenvalue weighted by molar-refractivity contribution is 7.92. The van der Waals surface area contributed by atoms with Crippen molar-refractivity contribution < 1.29 is 17.7 Å². The minimum atomic E-state index is -4.07. The molecule has 0 bridgehead atoms. The Kier molecular flexibility index (Phi) is 3.85. The Labute approximate surface area is 119 Å². The lowest BCUT2D eigenvalue weighted by atomic mass is 10.2. The van der Waals surface area contributed by atoms with Gasteiger partial charge in [-0.15, -0.1) is 0 Å². The van der Waals surface area contributed by atoms with Gasteiger partial charge in [-0.3, -0.25) is 19.8 Å². The lowest BCUT2D eigenvalue weighted by Gasteiger charge is -2.08. The molecular formula is C12H10FN3O4S. The normalized spacial score (nSPS) is 11.1. The lowest BCUT2D eigenvalue weighted by Crippen LogP contribution is -2.13. The van der Waals surface area contributed by atoms with Crippen molar-refractivity contribution in [3.8, 4) is 0 Å². The van der Waals surface area contributed by atoms with Crippen molar-refractivity contribution in [3.05, 3.63) is 58.2 Å². The largest absolute Gasteiger partial charge is 0.279 e. The van der Waals surface area contributed by atoms with Crippen LogP contribution < -0.4 is 4.72 Å². The SMILES string of the molecule is Cc1ccc(NS(=O)(=O)c2cncc(F)c2)cc1[N+](=O)[O-]. The molecule has 0 fully saturated rings. The summed E-state index contributed by atoms with van der Waals surface area (Å²) in [5.41, 5.74) is 0.194. The molecule has 9 heteroatoms. The van der Waals surface area contributed by atoms with Gasteiger partial charge in [-0.1, -0.05) is 6.07 Å². The number of nitro benzene ring substituents is 1. The van der Waals surface area contributed by atoms with E-state index in [9.17, 15) is 22.9 Å². The van der Waals surface area contributed by atoms with Crippen LogP contribution in [-0.4, -0.2) is 18.3 Å². The Bertz CT molecular complexity index is 808. The van der Waals surface area contributed by atoms with Crippen LogP contribution in [0.1, 0.15) is 5.56 Å². The Balaban J connectivity index is 2.37. The molecule has 0 spiro atoms. The predicted molar refractivity (Wildman–Crippen MR) is 72.8 cm³/mol. The number of hydrogen-bond acceptors (Lipinski definition) is 5. The standard InChI is InChI=1S/C12H10FN3O4S/c1-8-2-3-10(5-12(8)16(17)18)15-21(19,20)11-4-9(13)6-14-7-11/h2-7,15H,1H3. The van der Waals surface area contributed by atoms with Crippen LogP contribution in [0.5, 0.6) is 0 Å². The first kappa shape index (κ1) is 14.9. The fourth-order valence-corrected chi connectivity index (χ4v) is 2.65. The van der Waals surface area contributed by atoms with Crippen molar-refractivity contribution >= 4 is 21.4 Å². The molecule has 0 amide bonds. The van der Waals surface area contributed by atoms with Crippen LogP contribution in [0.4, 0.5) is 15.8 Å². The first-order chi connectivity index (χ1) is 9.79. The van der Waals surface area contributed by atoms with Gasteiger partial charge in [-0.2, -0.15) is 0 Å². The number of hydrogen-bond donors (Lipinski definition) is 1. The Hall–Kier alpha value is -2.55. The van der Waals surface area contributed by atoms with E-state index in [-0.39, 0.29) is 16.3 Å². The summed E-state index contributed by atoms with van der Waals surface area (Å²) in [6, 6.07) is 4.70. The summed E-state index contributed by atoms with van der Waals surface area (Å²) in [4.78, 5) is 13.3. The van der Waals surface area contributed by atoms with Gasteiger partial charge in [0.2, 0.25) is 0 Å². The van der Waals surface area contributed by atoms with Crippen molar-refractivity contribution in [1.29, 1.82) is 0 Å². The number of sulfonamides is 1. The summed E-state index contributed by atoms with van der Waals surface area (Å²) in [7, 11) is -4.07. The van der Waals surface area contributed by atoms with Crippen molar-refractivity contribution in [3.63, 3.8) is 0 Å². The molecule has 0 saturated carbocycles. The topological polar surface area (TPSA) is 102 Å². The third-order valence-corrected chi connectivity index (χ3v) is 4.00. The van der Waals surface area contributed by atoms with E-state index in [2.05, 4.69) is 9.71 Å². The Morgan fingerprint density at radius 1 is 1.29 bits per heavy atom. The highest BCUT2D eigenvalue weighted by Crippen LogP contribution is 2.24. The Morgan fingerprint density at radius 3 is 2.62 bits per heavy atom. The maximum Gasteiger partial charge on any atom is 0.274 e. The molecule has 2 aromatic rings. The van der Waals surface area contributed by atoms with Gasteiger partial charge in [0.05, 0.1) is 16.8 Å². The quantitative estimate of drug-likeness (QED) is 0.689. The zero-order valence-electron chi connectivity index (χ0n) is 10.8. The maximum atomic E-state index is 13.0. The van der Waals surface area contributed by atoms with Crippen molar-refractivity contribution in [2.24, 2.45) is 0 Å². The summed E-state index contributed by atoms with van der Waals surface area (Å²) in [5, 5.41) is 10.8. The fraction of sp³-hybridized carbons (Fsp3) is 0.0833. The molecule has 1 heterocycles. The summed E-state index contributed by atoms with van der Waals surface area (Å²) in [5.74, 6) is -0.798. The van der Waals surface area contributed by atoms with Crippen molar-refractivity contribution in [1.82, 2.24) is 4.98 Å². The monoisotopic (exact) mass is 311 g/mol. The number of benzene rings is 1. The first-order valence-electron chi connectivity index (χ1n) is 5.68. The van der Waals surface area contributed by atoms with Crippen molar-refractivity contribution in [2.75, 3.05) is 4.72 Å². The number of halogens is 1. The third-order valence-electron chi connectivity index (χ3n) is 2.65. The van der Waals surface area contributed by atoms with E-state index in [0.717, 1.165) is 24.5 Å². The average molecular weight is 311 g/mol. The van der Waals surface area contributed by atoms with E-state index >= 15 is 0 Å². The summed E-state index contributed by atoms with van der Waals surface area (Å²) < 4.78 is 39.2. The summed E-state index contributed by atoms with van der Waals surface area (Å²) in [6.07, 6.45) is 1.85. The fourth-order valence-electron chi connectivity index (χ4n) is 1.62. The predicted octanol–water partition coefficient (Wildman–Crippen LogP) is 2.24. The molecule has 0 aliphatic rings. The number of anilines is 1. The van der Waals surface area contributed by atoms with Gasteiger partial charge < -0.3 is 0 Å². The average Bonchev–Trinajstić information content (AvgIpc) is 2.40. The minimum absolute atomic E-state index is 0.0107. The number of aromatic nitrogens is 1. The number of nitrogens with one attached hydrogen (secondary N) is 1. The van der Waals surface area contributed by atoms with E-state index in [1.165, 1.54) is 19.1 Å². The molecule has 0 atom stereocenters. The van der Waals surface area contributed by atoms with Crippen LogP contribution >= 0.6 is 0 Å². The van der Waals surface area contributed by atoms with E-state index in [4.69, 9.17) is 0 Å². The molecule has 110 valence electrons. The first-order valence-corrected chi connectivity index (χ1v) is 7.16. The molecule has 21 heavy (non-hydrogen) atoms. The zero-order valence-corrected chi connectivity index (χ0v) is 11.6. The van der Waals surface area contributed by atoms with Crippen LogP contribution in [0.15, 0.2) is 41.6 Å². The van der Waals surface area contributed by atoms with Crippen LogP contribution in [0.25, 0.3) is 0 Å². The Morgan fingerprint density at radius 2 is 2.00 bits per heavy atom. The number of nitro groups is 1. The van der Waals surface area contributed by atoms with Gasteiger partial charge in [0, 0.05) is 17.8 Å². The zero-order chi connectivity index (χ0) is 15.6. The lowest BCUT2D eigenvalue weighted by molar-refractivity contribution is -0.385. The van der Waals surface area contributed by atoms with Gasteiger partial charge >= 0.3 is 0 Å². The maximum absolute atomic E-state index is 13.0. The number of nitrogens with zero attached hydrogens (tertiary/aromatic N) is 2. The van der Waals surface area contributed by atoms with Gasteiger partial charge in [0.15, 0.2) is 0 Å². The van der Waals surface area contributed by atoms with Gasteiger partial charge in [0.25, 0.3) is 15.7 Å². The van der Waals surface area contributed by atoms with Crippen LogP contribution in [0.3, 0.4) is 0 Å². The number of aryl methyl sites for hydroxylation is 1. The molecule has 0 unspecified atom stereocenters. The molecule has 0 radical (unpaired) electrons. The minimum Gasteiger partial charge on any atom is -0.279 e. The summed E-state index contributed by atoms with van der Waals surface area (Å²) in [6.45, 7) is 1.53. The second kappa shape index (κ2) is 5.44. The molecular weight excluding hydrogens is 301 g/mol. The highest BCUT2D eigenvalue weighted by atomic mass is 32.2. The molecule has 2 rings (SSSR count). The number of rotatable bonds is 4. The summed E-state index contributed by atoms with van der Waals surface area (Å²) >= 11 is 0. The van der Waals surface area contributed by atoms with Gasteiger partial charge in [-0.05, 0) is 19.1 Å². The highest BCUT2D eigenvalue weighted by Gasteiger charge is 2.18. The molecule has 1 aromatic carbocycles. The van der Waals surface area contributed by atoms with E-state index in [0.29, 0.717) is 5.56 Å². The van der Waals surface area contributed by atoms with E-state index in [1.807, 2.05) is 0 Å². The van der Waals surface area contributed by atoms with E-state index in [1.54, 1.807) is 0 Å².